The van der Waals surface area contributed by atoms with Crippen molar-refractivity contribution in [1.82, 2.24) is 5.32 Å². The summed E-state index contributed by atoms with van der Waals surface area (Å²) in [7, 11) is 0. The van der Waals surface area contributed by atoms with Gasteiger partial charge in [0.15, 0.2) is 0 Å². The third-order valence-corrected chi connectivity index (χ3v) is 3.38. The Morgan fingerprint density at radius 3 is 2.71 bits per heavy atom. The molecule has 0 fully saturated rings. The fraction of sp³-hybridized carbons (Fsp3) is 0.143. The number of benzene rings is 1. The molecule has 21 heavy (non-hydrogen) atoms. The molecule has 2 rings (SSSR count). The number of halogens is 1. The number of carbonyl (C=O) groups is 2. The molecule has 0 saturated heterocycles. The molecule has 0 spiro atoms. The van der Waals surface area contributed by atoms with Crippen LogP contribution >= 0.6 is 22.6 Å². The Kier molecular flexibility index (Phi) is 4.84. The van der Waals surface area contributed by atoms with E-state index < -0.39 is 5.97 Å². The van der Waals surface area contributed by atoms with Crippen LogP contribution < -0.4 is 10.6 Å². The van der Waals surface area contributed by atoms with Gasteiger partial charge in [-0.1, -0.05) is 6.07 Å². The first-order chi connectivity index (χ1) is 9.95. The molecule has 0 unspecified atom stereocenters. The predicted molar refractivity (Wildman–Crippen MR) is 85.4 cm³/mol. The third-order valence-electron chi connectivity index (χ3n) is 2.70. The van der Waals surface area contributed by atoms with Crippen LogP contribution in [0, 0.1) is 10.5 Å². The molecule has 110 valence electrons. The van der Waals surface area contributed by atoms with Crippen molar-refractivity contribution in [2.75, 3.05) is 5.32 Å². The molecule has 2 amide bonds. The number of aromatic carboxylic acids is 1. The Bertz CT molecular complexity index is 681. The van der Waals surface area contributed by atoms with Crippen LogP contribution in [0.25, 0.3) is 0 Å². The first kappa shape index (κ1) is 15.4. The summed E-state index contributed by atoms with van der Waals surface area (Å²) in [4.78, 5) is 22.6. The molecule has 0 radical (unpaired) electrons. The minimum atomic E-state index is -1.05. The number of carboxylic acid groups (broad SMARTS) is 1. The van der Waals surface area contributed by atoms with E-state index >= 15 is 0 Å². The van der Waals surface area contributed by atoms with Crippen molar-refractivity contribution in [3.8, 4) is 0 Å². The third kappa shape index (κ3) is 4.22. The molecular weight excluding hydrogens is 387 g/mol. The van der Waals surface area contributed by atoms with Gasteiger partial charge < -0.3 is 20.2 Å². The first-order valence-corrected chi connectivity index (χ1v) is 7.16. The molecular formula is C14H13IN2O4. The maximum absolute atomic E-state index is 11.7. The highest BCUT2D eigenvalue weighted by molar-refractivity contribution is 14.1. The minimum absolute atomic E-state index is 0.102. The Balaban J connectivity index is 1.92. The minimum Gasteiger partial charge on any atom is -0.478 e. The molecule has 1 heterocycles. The molecule has 2 aromatic rings. The molecule has 0 saturated carbocycles. The van der Waals surface area contributed by atoms with Gasteiger partial charge in [0, 0.05) is 9.26 Å². The highest BCUT2D eigenvalue weighted by atomic mass is 127. The second-order valence-electron chi connectivity index (χ2n) is 4.31. The summed E-state index contributed by atoms with van der Waals surface area (Å²) < 4.78 is 6.28. The van der Waals surface area contributed by atoms with Crippen molar-refractivity contribution >= 4 is 40.3 Å². The largest absolute Gasteiger partial charge is 0.478 e. The summed E-state index contributed by atoms with van der Waals surface area (Å²) in [6.45, 7) is 1.68. The molecule has 1 aromatic heterocycles. The summed E-state index contributed by atoms with van der Waals surface area (Å²) in [5.41, 5.74) is 0.783. The van der Waals surface area contributed by atoms with E-state index in [0.717, 1.165) is 3.57 Å². The lowest BCUT2D eigenvalue weighted by Gasteiger charge is -2.06. The maximum atomic E-state index is 11.7. The lowest BCUT2D eigenvalue weighted by Crippen LogP contribution is -2.28. The fourth-order valence-corrected chi connectivity index (χ4v) is 2.30. The van der Waals surface area contributed by atoms with Crippen LogP contribution in [-0.4, -0.2) is 17.1 Å². The number of amides is 2. The fourth-order valence-electron chi connectivity index (χ4n) is 1.75. The van der Waals surface area contributed by atoms with Gasteiger partial charge in [0.1, 0.15) is 17.1 Å². The van der Waals surface area contributed by atoms with Gasteiger partial charge in [0.2, 0.25) is 0 Å². The number of carboxylic acids is 1. The summed E-state index contributed by atoms with van der Waals surface area (Å²) in [5, 5.41) is 14.2. The number of hydrogen-bond donors (Lipinski definition) is 3. The van der Waals surface area contributed by atoms with E-state index in [-0.39, 0.29) is 18.1 Å². The first-order valence-electron chi connectivity index (χ1n) is 6.08. The zero-order valence-electron chi connectivity index (χ0n) is 11.1. The average Bonchev–Trinajstić information content (AvgIpc) is 2.78. The van der Waals surface area contributed by atoms with Crippen LogP contribution in [0.5, 0.6) is 0 Å². The summed E-state index contributed by atoms with van der Waals surface area (Å²) in [6.07, 6.45) is 0. The summed E-state index contributed by atoms with van der Waals surface area (Å²) in [6, 6.07) is 8.39. The van der Waals surface area contributed by atoms with Gasteiger partial charge in [-0.2, -0.15) is 0 Å². The van der Waals surface area contributed by atoms with Crippen molar-refractivity contribution in [2.24, 2.45) is 0 Å². The standard InChI is InChI=1S/C14H13IN2O4/c1-8-12(13(18)19)6-11(21-8)7-16-14(20)17-10-4-2-3-9(15)5-10/h2-6H,7H2,1H3,(H,18,19)(H2,16,17,20). The number of furan rings is 1. The molecule has 0 aliphatic rings. The highest BCUT2D eigenvalue weighted by Crippen LogP contribution is 2.15. The van der Waals surface area contributed by atoms with Gasteiger partial charge in [-0.15, -0.1) is 0 Å². The van der Waals surface area contributed by atoms with Gasteiger partial charge in [-0.3, -0.25) is 0 Å². The normalized spacial score (nSPS) is 10.2. The van der Waals surface area contributed by atoms with Crippen molar-refractivity contribution in [3.63, 3.8) is 0 Å². The van der Waals surface area contributed by atoms with E-state index in [1.165, 1.54) is 6.07 Å². The Morgan fingerprint density at radius 1 is 1.33 bits per heavy atom. The number of anilines is 1. The molecule has 3 N–H and O–H groups in total. The van der Waals surface area contributed by atoms with Crippen molar-refractivity contribution < 1.29 is 19.1 Å². The van der Waals surface area contributed by atoms with E-state index in [1.54, 1.807) is 13.0 Å². The predicted octanol–water partition coefficient (Wildman–Crippen LogP) is 3.21. The summed E-state index contributed by atoms with van der Waals surface area (Å²) in [5.74, 6) is -0.342. The molecule has 1 aromatic carbocycles. The molecule has 0 aliphatic heterocycles. The Morgan fingerprint density at radius 2 is 2.10 bits per heavy atom. The van der Waals surface area contributed by atoms with Crippen molar-refractivity contribution in [3.05, 3.63) is 51.0 Å². The number of nitrogens with one attached hydrogen (secondary N) is 2. The lowest BCUT2D eigenvalue weighted by molar-refractivity contribution is 0.0695. The number of aryl methyl sites for hydroxylation is 1. The number of carbonyl (C=O) groups excluding carboxylic acids is 1. The second kappa shape index (κ2) is 6.61. The monoisotopic (exact) mass is 400 g/mol. The van der Waals surface area contributed by atoms with E-state index in [4.69, 9.17) is 9.52 Å². The van der Waals surface area contributed by atoms with Gasteiger partial charge in [0.05, 0.1) is 6.54 Å². The van der Waals surface area contributed by atoms with Crippen LogP contribution in [-0.2, 0) is 6.54 Å². The van der Waals surface area contributed by atoms with Crippen LogP contribution in [0.2, 0.25) is 0 Å². The molecule has 0 aliphatic carbocycles. The zero-order valence-corrected chi connectivity index (χ0v) is 13.3. The highest BCUT2D eigenvalue weighted by Gasteiger charge is 2.14. The lowest BCUT2D eigenvalue weighted by atomic mass is 10.2. The summed E-state index contributed by atoms with van der Waals surface area (Å²) >= 11 is 2.15. The van der Waals surface area contributed by atoms with Gasteiger partial charge in [-0.25, -0.2) is 9.59 Å². The van der Waals surface area contributed by atoms with Crippen LogP contribution in [0.1, 0.15) is 21.9 Å². The number of rotatable bonds is 4. The van der Waals surface area contributed by atoms with E-state index in [2.05, 4.69) is 33.2 Å². The van der Waals surface area contributed by atoms with E-state index in [0.29, 0.717) is 17.2 Å². The average molecular weight is 400 g/mol. The van der Waals surface area contributed by atoms with Crippen LogP contribution in [0.3, 0.4) is 0 Å². The number of urea groups is 1. The van der Waals surface area contributed by atoms with Crippen molar-refractivity contribution in [2.45, 2.75) is 13.5 Å². The van der Waals surface area contributed by atoms with Crippen LogP contribution in [0.4, 0.5) is 10.5 Å². The topological polar surface area (TPSA) is 91.6 Å². The second-order valence-corrected chi connectivity index (χ2v) is 5.55. The number of hydrogen-bond acceptors (Lipinski definition) is 3. The Labute approximate surface area is 134 Å². The van der Waals surface area contributed by atoms with E-state index in [1.807, 2.05) is 18.2 Å². The zero-order chi connectivity index (χ0) is 15.4. The van der Waals surface area contributed by atoms with Gasteiger partial charge in [-0.05, 0) is 53.8 Å². The van der Waals surface area contributed by atoms with Crippen LogP contribution in [0.15, 0.2) is 34.7 Å². The quantitative estimate of drug-likeness (QED) is 0.688. The van der Waals surface area contributed by atoms with Gasteiger partial charge in [0.25, 0.3) is 0 Å². The smallest absolute Gasteiger partial charge is 0.339 e. The van der Waals surface area contributed by atoms with E-state index in [9.17, 15) is 9.59 Å². The van der Waals surface area contributed by atoms with Crippen molar-refractivity contribution in [1.29, 1.82) is 0 Å². The molecule has 6 nitrogen and oxygen atoms in total. The molecule has 0 bridgehead atoms. The molecule has 0 atom stereocenters. The molecule has 7 heteroatoms. The Hall–Kier alpha value is -2.03. The SMILES string of the molecule is Cc1oc(CNC(=O)Nc2cccc(I)c2)cc1C(=O)O. The maximum Gasteiger partial charge on any atom is 0.339 e. The van der Waals surface area contributed by atoms with Gasteiger partial charge >= 0.3 is 12.0 Å².